The van der Waals surface area contributed by atoms with E-state index in [1.165, 1.54) is 29.2 Å². The van der Waals surface area contributed by atoms with Crippen LogP contribution in [-0.2, 0) is 19.1 Å². The molecule has 0 aliphatic carbocycles. The van der Waals surface area contributed by atoms with E-state index in [1.807, 2.05) is 0 Å². The number of hydrogen-bond acceptors (Lipinski definition) is 8. The maximum atomic E-state index is 13.4. The molecule has 0 aromatic heterocycles. The molecule has 2 fully saturated rings. The first-order valence-corrected chi connectivity index (χ1v) is 13.4. The Hall–Kier alpha value is -4.81. The number of urea groups is 1. The van der Waals surface area contributed by atoms with Gasteiger partial charge in [-0.1, -0.05) is 11.6 Å². The molecule has 0 saturated carbocycles. The second-order valence-corrected chi connectivity index (χ2v) is 10.1. The smallest absolute Gasteiger partial charge is 0.338 e. The van der Waals surface area contributed by atoms with Crippen molar-refractivity contribution in [3.05, 3.63) is 88.3 Å². The summed E-state index contributed by atoms with van der Waals surface area (Å²) in [6, 6.07) is 17.3. The van der Waals surface area contributed by atoms with E-state index in [9.17, 15) is 24.1 Å². The Morgan fingerprint density at radius 3 is 2.26 bits per heavy atom. The Kier molecular flexibility index (Phi) is 8.74. The normalized spacial score (nSPS) is 18.4. The number of esters is 1. The first kappa shape index (κ1) is 28.7. The molecule has 2 saturated heterocycles. The van der Waals surface area contributed by atoms with Gasteiger partial charge in [-0.25, -0.2) is 9.59 Å². The van der Waals surface area contributed by atoms with Gasteiger partial charge in [0.05, 0.1) is 18.7 Å². The van der Waals surface area contributed by atoms with Crippen LogP contribution in [0.5, 0.6) is 0 Å². The molecule has 3 aromatic carbocycles. The number of hydrogen-bond donors (Lipinski definition) is 2. The average molecular weight is 592 g/mol. The predicted molar refractivity (Wildman–Crippen MR) is 155 cm³/mol. The number of anilines is 3. The third-order valence-corrected chi connectivity index (χ3v) is 7.09. The van der Waals surface area contributed by atoms with Crippen molar-refractivity contribution in [2.75, 3.05) is 41.8 Å². The number of morpholine rings is 1. The number of nitroso groups, excluding NO2 is 1. The molecule has 0 radical (unpaired) electrons. The number of carbonyl (C=O) groups is 4. The van der Waals surface area contributed by atoms with E-state index < -0.39 is 30.1 Å². The Labute approximate surface area is 245 Å². The molecule has 2 heterocycles. The number of carbonyl (C=O) groups excluding carboxylic acids is 4. The molecule has 0 bridgehead atoms. The van der Waals surface area contributed by atoms with Crippen LogP contribution in [0.1, 0.15) is 16.8 Å². The van der Waals surface area contributed by atoms with Crippen LogP contribution in [0.2, 0.25) is 5.02 Å². The second-order valence-electron chi connectivity index (χ2n) is 9.64. The summed E-state index contributed by atoms with van der Waals surface area (Å²) in [5.41, 5.74) is 1.98. The molecule has 2 atom stereocenters. The number of halogens is 1. The van der Waals surface area contributed by atoms with E-state index in [2.05, 4.69) is 15.8 Å². The summed E-state index contributed by atoms with van der Waals surface area (Å²) >= 11 is 5.94. The number of likely N-dealkylation sites (tertiary alicyclic amines) is 1. The molecule has 2 aliphatic rings. The summed E-state index contributed by atoms with van der Waals surface area (Å²) in [5, 5.41) is 8.87. The molecule has 2 aliphatic heterocycles. The van der Waals surface area contributed by atoms with Crippen molar-refractivity contribution in [1.29, 1.82) is 0 Å². The number of rotatable bonds is 7. The fraction of sp³-hybridized carbons (Fsp3) is 0.241. The van der Waals surface area contributed by atoms with E-state index in [0.717, 1.165) is 0 Å². The van der Waals surface area contributed by atoms with Crippen molar-refractivity contribution in [2.24, 2.45) is 5.18 Å². The maximum absolute atomic E-state index is 13.4. The molecule has 2 N–H and O–H groups in total. The fourth-order valence-electron chi connectivity index (χ4n) is 4.70. The zero-order valence-electron chi connectivity index (χ0n) is 22.2. The average Bonchev–Trinajstić information content (AvgIpc) is 3.43. The zero-order valence-corrected chi connectivity index (χ0v) is 23.0. The third kappa shape index (κ3) is 6.73. The van der Waals surface area contributed by atoms with Gasteiger partial charge in [-0.15, -0.1) is 4.91 Å². The molecule has 42 heavy (non-hydrogen) atoms. The number of benzene rings is 3. The largest absolute Gasteiger partial charge is 0.457 e. The van der Waals surface area contributed by atoms with Gasteiger partial charge in [-0.3, -0.25) is 9.59 Å². The summed E-state index contributed by atoms with van der Waals surface area (Å²) in [4.78, 5) is 65.2. The lowest BCUT2D eigenvalue weighted by Crippen LogP contribution is -2.45. The highest BCUT2D eigenvalue weighted by Crippen LogP contribution is 2.26. The highest BCUT2D eigenvalue weighted by Gasteiger charge is 2.41. The minimum absolute atomic E-state index is 0.0150. The van der Waals surface area contributed by atoms with Gasteiger partial charge >= 0.3 is 12.0 Å². The van der Waals surface area contributed by atoms with Gasteiger partial charge < -0.3 is 29.9 Å². The van der Waals surface area contributed by atoms with Crippen LogP contribution in [0.25, 0.3) is 0 Å². The van der Waals surface area contributed by atoms with E-state index in [1.54, 1.807) is 53.4 Å². The highest BCUT2D eigenvalue weighted by molar-refractivity contribution is 6.30. The molecule has 216 valence electrons. The Morgan fingerprint density at radius 1 is 0.929 bits per heavy atom. The van der Waals surface area contributed by atoms with Gasteiger partial charge in [0.15, 0.2) is 0 Å². The first-order chi connectivity index (χ1) is 20.3. The molecule has 4 amide bonds. The topological polar surface area (TPSA) is 147 Å². The lowest BCUT2D eigenvalue weighted by molar-refractivity contribution is -0.125. The van der Waals surface area contributed by atoms with Crippen molar-refractivity contribution in [1.82, 2.24) is 4.90 Å². The number of amides is 4. The van der Waals surface area contributed by atoms with Gasteiger partial charge in [-0.2, -0.15) is 0 Å². The Balaban J connectivity index is 1.29. The van der Waals surface area contributed by atoms with E-state index in [0.29, 0.717) is 35.2 Å². The SMILES string of the molecule is O=Nc1ccc(C(=O)O[C@H]2C[C@H](C(=O)Nc3ccc(N4CCOCC4=O)cc3)N(C(=O)Nc3ccc(Cl)cc3)C2)cc1. The summed E-state index contributed by atoms with van der Waals surface area (Å²) in [5.74, 6) is -1.29. The standard InChI is InChI=1S/C29H26ClN5O7/c30-19-3-7-21(8-4-19)32-29(39)35-16-24(42-28(38)18-1-5-22(33-40)6-2-18)15-25(35)27(37)31-20-9-11-23(12-10-20)34-13-14-41-17-26(34)36/h1-12,24-25H,13-17H2,(H,31,37)(H,32,39)/t24-,25+/m0/s1. The molecular formula is C29H26ClN5O7. The van der Waals surface area contributed by atoms with Crippen LogP contribution in [0, 0.1) is 4.91 Å². The fourth-order valence-corrected chi connectivity index (χ4v) is 4.83. The molecule has 3 aromatic rings. The van der Waals surface area contributed by atoms with E-state index in [4.69, 9.17) is 21.1 Å². The quantitative estimate of drug-likeness (QED) is 0.302. The molecule has 0 spiro atoms. The van der Waals surface area contributed by atoms with Gasteiger partial charge in [0.2, 0.25) is 5.91 Å². The Morgan fingerprint density at radius 2 is 1.60 bits per heavy atom. The molecular weight excluding hydrogens is 566 g/mol. The van der Waals surface area contributed by atoms with Crippen molar-refractivity contribution in [2.45, 2.75) is 18.6 Å². The number of ether oxygens (including phenoxy) is 2. The van der Waals surface area contributed by atoms with Crippen molar-refractivity contribution >= 4 is 58.2 Å². The van der Waals surface area contributed by atoms with Crippen molar-refractivity contribution < 1.29 is 28.7 Å². The minimum atomic E-state index is -0.961. The maximum Gasteiger partial charge on any atom is 0.338 e. The van der Waals surface area contributed by atoms with Gasteiger partial charge in [0.25, 0.3) is 5.91 Å². The summed E-state index contributed by atoms with van der Waals surface area (Å²) in [6.45, 7) is 0.853. The number of nitrogens with one attached hydrogen (secondary N) is 2. The Bertz CT molecular complexity index is 1480. The molecule has 13 heteroatoms. The third-order valence-electron chi connectivity index (χ3n) is 6.84. The second kappa shape index (κ2) is 12.8. The van der Waals surface area contributed by atoms with Crippen LogP contribution in [0.15, 0.2) is 78.0 Å². The van der Waals surface area contributed by atoms with Gasteiger partial charge in [-0.05, 0) is 78.0 Å². The van der Waals surface area contributed by atoms with Crippen LogP contribution in [0.3, 0.4) is 0 Å². The number of nitrogens with zero attached hydrogens (tertiary/aromatic N) is 3. The van der Waals surface area contributed by atoms with Crippen LogP contribution < -0.4 is 15.5 Å². The van der Waals surface area contributed by atoms with Gasteiger partial charge in [0.1, 0.15) is 24.4 Å². The van der Waals surface area contributed by atoms with Crippen molar-refractivity contribution in [3.63, 3.8) is 0 Å². The lowest BCUT2D eigenvalue weighted by atomic mass is 10.1. The molecule has 0 unspecified atom stereocenters. The molecule has 12 nitrogen and oxygen atoms in total. The van der Waals surface area contributed by atoms with E-state index in [-0.39, 0.29) is 36.7 Å². The van der Waals surface area contributed by atoms with Crippen LogP contribution >= 0.6 is 11.6 Å². The predicted octanol–water partition coefficient (Wildman–Crippen LogP) is 4.57. The van der Waals surface area contributed by atoms with Crippen LogP contribution in [0.4, 0.5) is 27.5 Å². The minimum Gasteiger partial charge on any atom is -0.457 e. The highest BCUT2D eigenvalue weighted by atomic mass is 35.5. The van der Waals surface area contributed by atoms with Gasteiger partial charge in [0, 0.05) is 35.1 Å². The monoisotopic (exact) mass is 591 g/mol. The van der Waals surface area contributed by atoms with Crippen LogP contribution in [-0.4, -0.2) is 67.2 Å². The molecule has 5 rings (SSSR count). The zero-order chi connectivity index (χ0) is 29.6. The first-order valence-electron chi connectivity index (χ1n) is 13.1. The van der Waals surface area contributed by atoms with Crippen molar-refractivity contribution in [3.8, 4) is 0 Å². The van der Waals surface area contributed by atoms with E-state index >= 15 is 0 Å². The summed E-state index contributed by atoms with van der Waals surface area (Å²) < 4.78 is 10.8. The summed E-state index contributed by atoms with van der Waals surface area (Å²) in [7, 11) is 0. The summed E-state index contributed by atoms with van der Waals surface area (Å²) in [6.07, 6.45) is -0.720. The lowest BCUT2D eigenvalue weighted by Gasteiger charge is -2.27.